The van der Waals surface area contributed by atoms with Crippen molar-refractivity contribution in [3.63, 3.8) is 0 Å². The molecule has 2 atom stereocenters. The quantitative estimate of drug-likeness (QED) is 0.255. The van der Waals surface area contributed by atoms with Gasteiger partial charge in [0.2, 0.25) is 11.7 Å². The maximum Gasteiger partial charge on any atom is 0.374 e. The number of carbonyl (C=O) groups excluding carboxylic acids is 2. The van der Waals surface area contributed by atoms with E-state index in [1.54, 1.807) is 7.05 Å². The van der Waals surface area contributed by atoms with E-state index in [0.717, 1.165) is 16.7 Å². The second-order valence-corrected chi connectivity index (χ2v) is 8.48. The van der Waals surface area contributed by atoms with Gasteiger partial charge in [-0.1, -0.05) is 91.0 Å². The van der Waals surface area contributed by atoms with Crippen molar-refractivity contribution in [2.75, 3.05) is 19.0 Å². The molecule has 1 fully saturated rings. The molecule has 1 aliphatic rings. The third kappa shape index (κ3) is 3.90. The molecule has 4 aromatic rings. The van der Waals surface area contributed by atoms with E-state index in [1.807, 2.05) is 54.6 Å². The van der Waals surface area contributed by atoms with Gasteiger partial charge >= 0.3 is 5.97 Å². The van der Waals surface area contributed by atoms with Crippen LogP contribution in [0.2, 0.25) is 0 Å². The fourth-order valence-corrected chi connectivity index (χ4v) is 4.79. The molecule has 1 N–H and O–H groups in total. The summed E-state index contributed by atoms with van der Waals surface area (Å²) in [6.45, 7) is 0.576. The van der Waals surface area contributed by atoms with Gasteiger partial charge < -0.3 is 14.6 Å². The monoisotopic (exact) mass is 466 g/mol. The first kappa shape index (κ1) is 22.6. The topological polar surface area (TPSA) is 76.2 Å². The molecule has 1 aromatic heterocycles. The Balaban J connectivity index is 1.54. The van der Waals surface area contributed by atoms with Gasteiger partial charge in [0.25, 0.3) is 0 Å². The molecule has 0 saturated carbocycles. The fourth-order valence-electron chi connectivity index (χ4n) is 4.79. The highest BCUT2D eigenvalue weighted by Crippen LogP contribution is 2.48. The molecular formula is C28H26N4O3. The summed E-state index contributed by atoms with van der Waals surface area (Å²) in [6, 6.07) is 30.4. The molecule has 2 heterocycles. The van der Waals surface area contributed by atoms with Gasteiger partial charge in [0.05, 0.1) is 18.8 Å². The second kappa shape index (κ2) is 9.19. The summed E-state index contributed by atoms with van der Waals surface area (Å²) in [5, 5.41) is 2.94. The predicted octanol–water partition coefficient (Wildman–Crippen LogP) is 3.82. The average molecular weight is 467 g/mol. The van der Waals surface area contributed by atoms with E-state index in [4.69, 9.17) is 4.74 Å². The number of hydrogen-bond acceptors (Lipinski definition) is 5. The highest BCUT2D eigenvalue weighted by Gasteiger charge is 2.56. The minimum atomic E-state index is -0.643. The van der Waals surface area contributed by atoms with E-state index in [-0.39, 0.29) is 17.8 Å². The van der Waals surface area contributed by atoms with Crippen LogP contribution in [-0.2, 0) is 22.1 Å². The van der Waals surface area contributed by atoms with Crippen molar-refractivity contribution in [3.8, 4) is 0 Å². The molecule has 1 aliphatic heterocycles. The van der Waals surface area contributed by atoms with Crippen LogP contribution < -0.4 is 5.32 Å². The molecule has 7 nitrogen and oxygen atoms in total. The number of esters is 1. The summed E-state index contributed by atoms with van der Waals surface area (Å²) in [5.74, 6) is -0.150. The molecule has 1 amide bonds. The van der Waals surface area contributed by atoms with Crippen LogP contribution in [0.25, 0.3) is 0 Å². The minimum absolute atomic E-state index is 0.127. The normalized spacial score (nSPS) is 17.0. The van der Waals surface area contributed by atoms with E-state index < -0.39 is 11.5 Å². The van der Waals surface area contributed by atoms with Crippen molar-refractivity contribution in [1.29, 1.82) is 0 Å². The number of nitrogens with zero attached hydrogens (tertiary/aromatic N) is 3. The van der Waals surface area contributed by atoms with Gasteiger partial charge in [-0.05, 0) is 16.7 Å². The van der Waals surface area contributed by atoms with Crippen LogP contribution in [-0.4, -0.2) is 46.0 Å². The van der Waals surface area contributed by atoms with Crippen LogP contribution in [0, 0.1) is 0 Å². The van der Waals surface area contributed by atoms with Gasteiger partial charge in [-0.15, -0.1) is 0 Å². The van der Waals surface area contributed by atoms with Gasteiger partial charge in [0, 0.05) is 13.6 Å². The van der Waals surface area contributed by atoms with Gasteiger partial charge in [-0.25, -0.2) is 9.78 Å². The lowest BCUT2D eigenvalue weighted by Crippen LogP contribution is -2.40. The van der Waals surface area contributed by atoms with Gasteiger partial charge in [-0.3, -0.25) is 9.69 Å². The molecule has 7 heteroatoms. The highest BCUT2D eigenvalue weighted by atomic mass is 16.5. The van der Waals surface area contributed by atoms with Crippen molar-refractivity contribution in [2.45, 2.75) is 11.6 Å². The average Bonchev–Trinajstić information content (AvgIpc) is 3.63. The minimum Gasteiger partial charge on any atom is -0.463 e. The Bertz CT molecular complexity index is 1240. The molecule has 0 unspecified atom stereocenters. The highest BCUT2D eigenvalue weighted by molar-refractivity contribution is 5.97. The second-order valence-electron chi connectivity index (χ2n) is 8.48. The van der Waals surface area contributed by atoms with E-state index in [2.05, 4.69) is 51.6 Å². The Kier molecular flexibility index (Phi) is 5.93. The SMILES string of the molecule is COC(=O)c1ncc(NC(=O)[C@@H]2C[N@]2C(c2ccccc2)(c2ccccc2)c2ccccc2)n1C. The van der Waals surface area contributed by atoms with Crippen LogP contribution in [0.5, 0.6) is 0 Å². The Hall–Kier alpha value is -4.23. The van der Waals surface area contributed by atoms with Crippen LogP contribution >= 0.6 is 0 Å². The van der Waals surface area contributed by atoms with Crippen LogP contribution in [0.3, 0.4) is 0 Å². The molecule has 1 saturated heterocycles. The van der Waals surface area contributed by atoms with E-state index in [1.165, 1.54) is 17.9 Å². The third-order valence-electron chi connectivity index (χ3n) is 6.53. The first-order chi connectivity index (χ1) is 17.1. The summed E-state index contributed by atoms with van der Waals surface area (Å²) in [6.07, 6.45) is 1.47. The first-order valence-electron chi connectivity index (χ1n) is 11.4. The predicted molar refractivity (Wildman–Crippen MR) is 133 cm³/mol. The summed E-state index contributed by atoms with van der Waals surface area (Å²) in [4.78, 5) is 31.6. The lowest BCUT2D eigenvalue weighted by Gasteiger charge is -2.38. The number of aromatic nitrogens is 2. The number of carbonyl (C=O) groups is 2. The molecule has 0 spiro atoms. The largest absolute Gasteiger partial charge is 0.463 e. The number of benzene rings is 3. The van der Waals surface area contributed by atoms with E-state index >= 15 is 0 Å². The molecule has 35 heavy (non-hydrogen) atoms. The summed E-state index contributed by atoms with van der Waals surface area (Å²) < 4.78 is 6.28. The zero-order valence-corrected chi connectivity index (χ0v) is 19.6. The zero-order chi connectivity index (χ0) is 24.4. The van der Waals surface area contributed by atoms with Crippen molar-refractivity contribution in [1.82, 2.24) is 14.5 Å². The lowest BCUT2D eigenvalue weighted by atomic mass is 9.76. The molecular weight excluding hydrogens is 440 g/mol. The number of rotatable bonds is 7. The van der Waals surface area contributed by atoms with Gasteiger partial charge in [-0.2, -0.15) is 0 Å². The number of ether oxygens (including phenoxy) is 1. The first-order valence-corrected chi connectivity index (χ1v) is 11.4. The van der Waals surface area contributed by atoms with E-state index in [0.29, 0.717) is 12.4 Å². The van der Waals surface area contributed by atoms with Crippen molar-refractivity contribution >= 4 is 17.7 Å². The summed E-state index contributed by atoms with van der Waals surface area (Å²) >= 11 is 0. The summed E-state index contributed by atoms with van der Waals surface area (Å²) in [5.41, 5.74) is 2.61. The third-order valence-corrected chi connectivity index (χ3v) is 6.53. The Labute approximate surface area is 204 Å². The Morgan fingerprint density at radius 1 is 0.886 bits per heavy atom. The molecule has 0 radical (unpaired) electrons. The standard InChI is InChI=1S/C28H26N4O3/c1-31-24(18-29-25(31)27(34)35-2)30-26(33)23-19-32(23)28(20-12-6-3-7-13-20,21-14-8-4-9-15-21)22-16-10-5-11-17-22/h3-18,23H,19H2,1-2H3,(H,30,33)/t23-,32-/m0/s1. The maximum atomic E-state index is 13.4. The number of imidazole rings is 1. The molecule has 3 aromatic carbocycles. The van der Waals surface area contributed by atoms with Crippen molar-refractivity contribution in [3.05, 3.63) is 120 Å². The lowest BCUT2D eigenvalue weighted by molar-refractivity contribution is -0.116. The molecule has 5 rings (SSSR count). The smallest absolute Gasteiger partial charge is 0.374 e. The van der Waals surface area contributed by atoms with Crippen LogP contribution in [0.1, 0.15) is 27.3 Å². The maximum absolute atomic E-state index is 13.4. The molecule has 176 valence electrons. The summed E-state index contributed by atoms with van der Waals surface area (Å²) in [7, 11) is 2.97. The number of methoxy groups -OCH3 is 1. The van der Waals surface area contributed by atoms with Gasteiger partial charge in [0.15, 0.2) is 0 Å². The molecule has 0 aliphatic carbocycles. The Morgan fingerprint density at radius 3 is 1.83 bits per heavy atom. The number of amides is 1. The van der Waals surface area contributed by atoms with Crippen molar-refractivity contribution < 1.29 is 14.3 Å². The van der Waals surface area contributed by atoms with E-state index in [9.17, 15) is 9.59 Å². The number of nitrogens with one attached hydrogen (secondary N) is 1. The Morgan fingerprint density at radius 2 is 1.37 bits per heavy atom. The molecule has 0 bridgehead atoms. The van der Waals surface area contributed by atoms with Crippen LogP contribution in [0.4, 0.5) is 5.82 Å². The number of anilines is 1. The fraction of sp³-hybridized carbons (Fsp3) is 0.179. The van der Waals surface area contributed by atoms with Crippen LogP contribution in [0.15, 0.2) is 97.2 Å². The number of hydrogen-bond donors (Lipinski definition) is 1. The van der Waals surface area contributed by atoms with Gasteiger partial charge in [0.1, 0.15) is 11.9 Å². The van der Waals surface area contributed by atoms with Crippen molar-refractivity contribution in [2.24, 2.45) is 7.05 Å². The zero-order valence-electron chi connectivity index (χ0n) is 19.6.